The molecule has 108 valence electrons. The Morgan fingerprint density at radius 2 is 2.00 bits per heavy atom. The van der Waals surface area contributed by atoms with Gasteiger partial charge in [0.1, 0.15) is 5.75 Å². The number of hydrogen-bond donors (Lipinski definition) is 1. The fourth-order valence-electron chi connectivity index (χ4n) is 1.77. The van der Waals surface area contributed by atoms with Gasteiger partial charge in [0.15, 0.2) is 0 Å². The van der Waals surface area contributed by atoms with Crippen LogP contribution in [0, 0.1) is 6.92 Å². The normalized spacial score (nSPS) is 11.9. The quantitative estimate of drug-likeness (QED) is 0.818. The van der Waals surface area contributed by atoms with Crippen LogP contribution in [-0.2, 0) is 10.0 Å². The van der Waals surface area contributed by atoms with Crippen LogP contribution in [0.25, 0.3) is 0 Å². The Morgan fingerprint density at radius 3 is 2.47 bits per heavy atom. The zero-order chi connectivity index (χ0) is 14.6. The summed E-state index contributed by atoms with van der Waals surface area (Å²) in [6.45, 7) is 5.33. The van der Waals surface area contributed by atoms with Crippen LogP contribution >= 0.6 is 0 Å². The lowest BCUT2D eigenvalue weighted by atomic mass is 10.0. The van der Waals surface area contributed by atoms with Gasteiger partial charge in [-0.3, -0.25) is 4.39 Å². The molecule has 1 aromatic rings. The van der Waals surface area contributed by atoms with Gasteiger partial charge in [0.25, 0.3) is 0 Å². The summed E-state index contributed by atoms with van der Waals surface area (Å²) in [5.74, 6) is 0.571. The zero-order valence-electron chi connectivity index (χ0n) is 11.4. The van der Waals surface area contributed by atoms with Crippen molar-refractivity contribution in [3.05, 3.63) is 23.3 Å². The van der Waals surface area contributed by atoms with Gasteiger partial charge < -0.3 is 4.74 Å². The molecule has 0 atom stereocenters. The van der Waals surface area contributed by atoms with E-state index in [9.17, 15) is 12.8 Å². The topological polar surface area (TPSA) is 69.4 Å². The lowest BCUT2D eigenvalue weighted by molar-refractivity contribution is 0.287. The second kappa shape index (κ2) is 6.34. The second-order valence-corrected chi connectivity index (χ2v) is 6.28. The highest BCUT2D eigenvalue weighted by Crippen LogP contribution is 2.30. The first-order chi connectivity index (χ1) is 8.77. The first-order valence-electron chi connectivity index (χ1n) is 6.13. The summed E-state index contributed by atoms with van der Waals surface area (Å²) < 4.78 is 40.6. The Morgan fingerprint density at radius 1 is 1.37 bits per heavy atom. The number of rotatable bonds is 6. The van der Waals surface area contributed by atoms with E-state index in [1.165, 1.54) is 6.07 Å². The van der Waals surface area contributed by atoms with Gasteiger partial charge in [-0.2, -0.15) is 0 Å². The summed E-state index contributed by atoms with van der Waals surface area (Å²) in [5.41, 5.74) is 1.29. The molecule has 0 amide bonds. The van der Waals surface area contributed by atoms with Gasteiger partial charge in [0.05, 0.1) is 18.2 Å². The van der Waals surface area contributed by atoms with Crippen molar-refractivity contribution >= 4 is 10.0 Å². The van der Waals surface area contributed by atoms with Gasteiger partial charge in [-0.15, -0.1) is 0 Å². The van der Waals surface area contributed by atoms with E-state index < -0.39 is 16.7 Å². The van der Waals surface area contributed by atoms with E-state index >= 15 is 0 Å². The molecule has 0 aliphatic carbocycles. The SMILES string of the molecule is Cc1cc(S(N)(=O)=O)c(C(C)C)cc1OCCCF. The third-order valence-corrected chi connectivity index (χ3v) is 3.74. The van der Waals surface area contributed by atoms with E-state index in [-0.39, 0.29) is 17.4 Å². The summed E-state index contributed by atoms with van der Waals surface area (Å²) >= 11 is 0. The van der Waals surface area contributed by atoms with Crippen molar-refractivity contribution < 1.29 is 17.5 Å². The summed E-state index contributed by atoms with van der Waals surface area (Å²) in [4.78, 5) is 0.123. The molecule has 1 rings (SSSR count). The highest BCUT2D eigenvalue weighted by atomic mass is 32.2. The minimum absolute atomic E-state index is 0.00236. The molecule has 0 spiro atoms. The van der Waals surface area contributed by atoms with Crippen LogP contribution in [-0.4, -0.2) is 21.7 Å². The standard InChI is InChI=1S/C13H20FNO3S/c1-9(2)11-8-12(18-6-4-5-14)10(3)7-13(11)19(15,16)17/h7-9H,4-6H2,1-3H3,(H2,15,16,17). The molecule has 2 N–H and O–H groups in total. The molecule has 0 heterocycles. The highest BCUT2D eigenvalue weighted by Gasteiger charge is 2.19. The lowest BCUT2D eigenvalue weighted by Gasteiger charge is -2.16. The number of hydrogen-bond acceptors (Lipinski definition) is 3. The minimum Gasteiger partial charge on any atom is -0.493 e. The van der Waals surface area contributed by atoms with Crippen molar-refractivity contribution in [2.75, 3.05) is 13.3 Å². The first-order valence-corrected chi connectivity index (χ1v) is 7.68. The Labute approximate surface area is 113 Å². The summed E-state index contributed by atoms with van der Waals surface area (Å²) in [6, 6.07) is 3.19. The van der Waals surface area contributed by atoms with Crippen molar-refractivity contribution in [3.63, 3.8) is 0 Å². The van der Waals surface area contributed by atoms with Crippen LogP contribution < -0.4 is 9.88 Å². The van der Waals surface area contributed by atoms with Gasteiger partial charge in [0, 0.05) is 6.42 Å². The number of benzene rings is 1. The third kappa shape index (κ3) is 4.18. The van der Waals surface area contributed by atoms with Crippen LogP contribution in [0.1, 0.15) is 37.3 Å². The number of sulfonamides is 1. The summed E-state index contributed by atoms with van der Waals surface area (Å²) in [6.07, 6.45) is 0.313. The number of halogens is 1. The van der Waals surface area contributed by atoms with Gasteiger partial charge in [-0.1, -0.05) is 13.8 Å². The second-order valence-electron chi connectivity index (χ2n) is 4.75. The van der Waals surface area contributed by atoms with Gasteiger partial charge in [-0.05, 0) is 36.1 Å². The fraction of sp³-hybridized carbons (Fsp3) is 0.538. The molecule has 19 heavy (non-hydrogen) atoms. The molecule has 6 heteroatoms. The molecule has 0 saturated carbocycles. The molecular formula is C13H20FNO3S. The molecule has 0 bridgehead atoms. The number of alkyl halides is 1. The van der Waals surface area contributed by atoms with Crippen LogP contribution in [0.2, 0.25) is 0 Å². The first kappa shape index (κ1) is 15.9. The number of nitrogens with two attached hydrogens (primary N) is 1. The van der Waals surface area contributed by atoms with E-state index in [1.54, 1.807) is 13.0 Å². The Kier molecular flexibility index (Phi) is 5.31. The molecule has 0 radical (unpaired) electrons. The number of aryl methyl sites for hydroxylation is 1. The van der Waals surface area contributed by atoms with Crippen molar-refractivity contribution in [1.29, 1.82) is 0 Å². The van der Waals surface area contributed by atoms with Crippen molar-refractivity contribution in [2.24, 2.45) is 5.14 Å². The maximum atomic E-state index is 12.0. The molecular weight excluding hydrogens is 269 g/mol. The predicted molar refractivity (Wildman–Crippen MR) is 72.7 cm³/mol. The third-order valence-electron chi connectivity index (χ3n) is 2.77. The van der Waals surface area contributed by atoms with Gasteiger partial charge >= 0.3 is 0 Å². The number of primary sulfonamides is 1. The lowest BCUT2D eigenvalue weighted by Crippen LogP contribution is -2.16. The zero-order valence-corrected chi connectivity index (χ0v) is 12.3. The summed E-state index contributed by atoms with van der Waals surface area (Å²) in [5, 5.41) is 5.22. The van der Waals surface area contributed by atoms with E-state index in [0.717, 1.165) is 0 Å². The maximum Gasteiger partial charge on any atom is 0.238 e. The van der Waals surface area contributed by atoms with Crippen molar-refractivity contribution in [1.82, 2.24) is 0 Å². The molecule has 0 saturated heterocycles. The summed E-state index contributed by atoms with van der Waals surface area (Å²) in [7, 11) is -3.76. The Balaban J connectivity index is 3.21. The maximum absolute atomic E-state index is 12.0. The van der Waals surface area contributed by atoms with Crippen LogP contribution in [0.5, 0.6) is 5.75 Å². The molecule has 0 unspecified atom stereocenters. The van der Waals surface area contributed by atoms with E-state index in [0.29, 0.717) is 23.3 Å². The number of ether oxygens (including phenoxy) is 1. The fourth-order valence-corrected chi connectivity index (χ4v) is 2.73. The monoisotopic (exact) mass is 289 g/mol. The predicted octanol–water partition coefficient (Wildman–Crippen LogP) is 2.50. The Bertz CT molecular complexity index is 541. The molecule has 0 aliphatic heterocycles. The Hall–Kier alpha value is -1.14. The molecule has 1 aromatic carbocycles. The highest BCUT2D eigenvalue weighted by molar-refractivity contribution is 7.89. The molecule has 4 nitrogen and oxygen atoms in total. The van der Waals surface area contributed by atoms with Crippen molar-refractivity contribution in [2.45, 2.75) is 38.0 Å². The molecule has 0 aromatic heterocycles. The van der Waals surface area contributed by atoms with Gasteiger partial charge in [-0.25, -0.2) is 13.6 Å². The van der Waals surface area contributed by atoms with Crippen LogP contribution in [0.3, 0.4) is 0 Å². The molecule has 0 fully saturated rings. The average molecular weight is 289 g/mol. The molecule has 0 aliphatic rings. The van der Waals surface area contributed by atoms with E-state index in [4.69, 9.17) is 9.88 Å². The van der Waals surface area contributed by atoms with E-state index in [1.807, 2.05) is 13.8 Å². The average Bonchev–Trinajstić information content (AvgIpc) is 2.29. The minimum atomic E-state index is -3.76. The van der Waals surface area contributed by atoms with E-state index in [2.05, 4.69) is 0 Å². The van der Waals surface area contributed by atoms with Crippen LogP contribution in [0.15, 0.2) is 17.0 Å². The van der Waals surface area contributed by atoms with Crippen LogP contribution in [0.4, 0.5) is 4.39 Å². The largest absolute Gasteiger partial charge is 0.493 e. The van der Waals surface area contributed by atoms with Crippen molar-refractivity contribution in [3.8, 4) is 5.75 Å². The van der Waals surface area contributed by atoms with Gasteiger partial charge in [0.2, 0.25) is 10.0 Å². The smallest absolute Gasteiger partial charge is 0.238 e.